The van der Waals surface area contributed by atoms with Crippen LogP contribution in [-0.4, -0.2) is 43.5 Å². The van der Waals surface area contributed by atoms with E-state index in [2.05, 4.69) is 22.8 Å². The molecule has 1 aliphatic rings. The molecule has 0 aromatic heterocycles. The van der Waals surface area contributed by atoms with Crippen LogP contribution in [-0.2, 0) is 10.2 Å². The van der Waals surface area contributed by atoms with Gasteiger partial charge in [0.15, 0.2) is 0 Å². The Labute approximate surface area is 144 Å². The summed E-state index contributed by atoms with van der Waals surface area (Å²) in [7, 11) is 0. The number of rotatable bonds is 7. The van der Waals surface area contributed by atoms with Crippen molar-refractivity contribution in [3.05, 3.63) is 35.9 Å². The SMILES string of the molecule is CC(O)CC(C)CNC(=O)NCC1(c2ccccc2)CCOCC1. The van der Waals surface area contributed by atoms with Gasteiger partial charge >= 0.3 is 6.03 Å². The molecule has 0 saturated carbocycles. The number of amides is 2. The third-order valence-electron chi connectivity index (χ3n) is 4.78. The lowest BCUT2D eigenvalue weighted by atomic mass is 9.74. The Balaban J connectivity index is 1.88. The van der Waals surface area contributed by atoms with Crippen LogP contribution < -0.4 is 10.6 Å². The number of hydrogen-bond acceptors (Lipinski definition) is 3. The van der Waals surface area contributed by atoms with Crippen molar-refractivity contribution < 1.29 is 14.6 Å². The highest BCUT2D eigenvalue weighted by Crippen LogP contribution is 2.34. The second kappa shape index (κ2) is 9.04. The highest BCUT2D eigenvalue weighted by atomic mass is 16.5. The maximum absolute atomic E-state index is 12.1. The van der Waals surface area contributed by atoms with Crippen molar-refractivity contribution in [2.75, 3.05) is 26.3 Å². The molecule has 0 spiro atoms. The first-order valence-corrected chi connectivity index (χ1v) is 8.85. The second-order valence-corrected chi connectivity index (χ2v) is 7.01. The number of benzene rings is 1. The second-order valence-electron chi connectivity index (χ2n) is 7.01. The Hall–Kier alpha value is -1.59. The minimum atomic E-state index is -0.339. The molecule has 2 unspecified atom stereocenters. The summed E-state index contributed by atoms with van der Waals surface area (Å²) in [6, 6.07) is 10.2. The molecule has 24 heavy (non-hydrogen) atoms. The Kier molecular flexibility index (Phi) is 7.06. The smallest absolute Gasteiger partial charge is 0.314 e. The van der Waals surface area contributed by atoms with Crippen molar-refractivity contribution in [3.63, 3.8) is 0 Å². The number of aliphatic hydroxyl groups excluding tert-OH is 1. The maximum atomic E-state index is 12.1. The number of ether oxygens (including phenoxy) is 1. The minimum Gasteiger partial charge on any atom is -0.393 e. The number of nitrogens with one attached hydrogen (secondary N) is 2. The Morgan fingerprint density at radius 2 is 1.88 bits per heavy atom. The Morgan fingerprint density at radius 1 is 1.21 bits per heavy atom. The summed E-state index contributed by atoms with van der Waals surface area (Å²) in [5.41, 5.74) is 1.21. The Morgan fingerprint density at radius 3 is 2.50 bits per heavy atom. The molecule has 5 nitrogen and oxygen atoms in total. The normalized spacial score (nSPS) is 19.3. The van der Waals surface area contributed by atoms with Gasteiger partial charge < -0.3 is 20.5 Å². The van der Waals surface area contributed by atoms with Crippen molar-refractivity contribution in [3.8, 4) is 0 Å². The summed E-state index contributed by atoms with van der Waals surface area (Å²) in [5.74, 6) is 0.252. The van der Waals surface area contributed by atoms with Gasteiger partial charge in [-0.1, -0.05) is 37.3 Å². The number of carbonyl (C=O) groups excluding carboxylic acids is 1. The molecular weight excluding hydrogens is 304 g/mol. The van der Waals surface area contributed by atoms with E-state index in [1.807, 2.05) is 25.1 Å². The van der Waals surface area contributed by atoms with E-state index in [0.29, 0.717) is 19.5 Å². The van der Waals surface area contributed by atoms with Gasteiger partial charge in [-0.25, -0.2) is 4.79 Å². The third-order valence-corrected chi connectivity index (χ3v) is 4.78. The Bertz CT molecular complexity index is 499. The standard InChI is InChI=1S/C19H30N2O3/c1-15(12-16(2)22)13-20-18(23)21-14-19(8-10-24-11-9-19)17-6-4-3-5-7-17/h3-7,15-16,22H,8-14H2,1-2H3,(H2,20,21,23). The van der Waals surface area contributed by atoms with Crippen LogP contribution in [0.5, 0.6) is 0 Å². The van der Waals surface area contributed by atoms with Gasteiger partial charge in [-0.3, -0.25) is 0 Å². The molecule has 3 N–H and O–H groups in total. The van der Waals surface area contributed by atoms with Gasteiger partial charge in [0.05, 0.1) is 6.10 Å². The summed E-state index contributed by atoms with van der Waals surface area (Å²) in [6.45, 7) is 6.42. The minimum absolute atomic E-state index is 0.0535. The number of aliphatic hydroxyl groups is 1. The zero-order chi connectivity index (χ0) is 17.4. The lowest BCUT2D eigenvalue weighted by molar-refractivity contribution is 0.0507. The average Bonchev–Trinajstić information content (AvgIpc) is 2.59. The molecule has 5 heteroatoms. The van der Waals surface area contributed by atoms with Crippen LogP contribution in [0.4, 0.5) is 4.79 Å². The molecule has 0 bridgehead atoms. The molecule has 134 valence electrons. The first kappa shape index (κ1) is 18.7. The molecule has 2 amide bonds. The lowest BCUT2D eigenvalue weighted by Crippen LogP contribution is -2.48. The number of urea groups is 1. The van der Waals surface area contributed by atoms with Gasteiger partial charge in [0.25, 0.3) is 0 Å². The summed E-state index contributed by atoms with van der Waals surface area (Å²) in [6.07, 6.45) is 2.17. The summed E-state index contributed by atoms with van der Waals surface area (Å²) < 4.78 is 5.52. The predicted molar refractivity (Wildman–Crippen MR) is 95.0 cm³/mol. The van der Waals surface area contributed by atoms with Crippen LogP contribution in [0.3, 0.4) is 0 Å². The highest BCUT2D eigenvalue weighted by Gasteiger charge is 2.34. The number of hydrogen-bond donors (Lipinski definition) is 3. The monoisotopic (exact) mass is 334 g/mol. The number of carbonyl (C=O) groups is 1. The van der Waals surface area contributed by atoms with Crippen molar-refractivity contribution in [2.24, 2.45) is 5.92 Å². The van der Waals surface area contributed by atoms with E-state index >= 15 is 0 Å². The largest absolute Gasteiger partial charge is 0.393 e. The van der Waals surface area contributed by atoms with E-state index in [4.69, 9.17) is 4.74 Å². The van der Waals surface area contributed by atoms with E-state index in [1.54, 1.807) is 6.92 Å². The molecule has 1 aliphatic heterocycles. The van der Waals surface area contributed by atoms with Gasteiger partial charge in [-0.05, 0) is 37.7 Å². The van der Waals surface area contributed by atoms with E-state index in [1.165, 1.54) is 5.56 Å². The van der Waals surface area contributed by atoms with Crippen LogP contribution in [0.25, 0.3) is 0 Å². The zero-order valence-corrected chi connectivity index (χ0v) is 14.8. The van der Waals surface area contributed by atoms with Gasteiger partial charge in [0.2, 0.25) is 0 Å². The van der Waals surface area contributed by atoms with Crippen molar-refractivity contribution in [1.29, 1.82) is 0 Å². The molecule has 1 aromatic carbocycles. The molecular formula is C19H30N2O3. The van der Waals surface area contributed by atoms with Crippen molar-refractivity contribution in [1.82, 2.24) is 10.6 Å². The van der Waals surface area contributed by atoms with E-state index in [-0.39, 0.29) is 23.5 Å². The van der Waals surface area contributed by atoms with Gasteiger partial charge in [0.1, 0.15) is 0 Å². The van der Waals surface area contributed by atoms with Crippen molar-refractivity contribution >= 4 is 6.03 Å². The fraction of sp³-hybridized carbons (Fsp3) is 0.632. The average molecular weight is 334 g/mol. The van der Waals surface area contributed by atoms with Crippen molar-refractivity contribution in [2.45, 2.75) is 44.6 Å². The molecule has 1 saturated heterocycles. The van der Waals surface area contributed by atoms with Crippen LogP contribution >= 0.6 is 0 Å². The first-order chi connectivity index (χ1) is 11.5. The zero-order valence-electron chi connectivity index (χ0n) is 14.8. The molecule has 1 heterocycles. The van der Waals surface area contributed by atoms with E-state index in [9.17, 15) is 9.90 Å². The highest BCUT2D eigenvalue weighted by molar-refractivity contribution is 5.74. The topological polar surface area (TPSA) is 70.6 Å². The predicted octanol–water partition coefficient (Wildman–Crippen LogP) is 2.44. The quantitative estimate of drug-likeness (QED) is 0.717. The summed E-state index contributed by atoms with van der Waals surface area (Å²) in [4.78, 5) is 12.1. The van der Waals surface area contributed by atoms with Gasteiger partial charge in [-0.15, -0.1) is 0 Å². The maximum Gasteiger partial charge on any atom is 0.314 e. The third kappa shape index (κ3) is 5.49. The summed E-state index contributed by atoms with van der Waals surface area (Å²) in [5, 5.41) is 15.3. The van der Waals surface area contributed by atoms with Gasteiger partial charge in [0, 0.05) is 31.7 Å². The summed E-state index contributed by atoms with van der Waals surface area (Å²) >= 11 is 0. The lowest BCUT2D eigenvalue weighted by Gasteiger charge is -2.38. The van der Waals surface area contributed by atoms with Crippen LogP contribution in [0.15, 0.2) is 30.3 Å². The van der Waals surface area contributed by atoms with Crippen LogP contribution in [0.1, 0.15) is 38.7 Å². The molecule has 2 rings (SSSR count). The molecule has 0 aliphatic carbocycles. The first-order valence-electron chi connectivity index (χ1n) is 8.85. The van der Waals surface area contributed by atoms with E-state index in [0.717, 1.165) is 26.1 Å². The van der Waals surface area contributed by atoms with E-state index < -0.39 is 0 Å². The molecule has 2 atom stereocenters. The fourth-order valence-electron chi connectivity index (χ4n) is 3.37. The molecule has 1 fully saturated rings. The van der Waals surface area contributed by atoms with Gasteiger partial charge in [-0.2, -0.15) is 0 Å². The molecule has 0 radical (unpaired) electrons. The molecule has 1 aromatic rings. The van der Waals surface area contributed by atoms with Crippen LogP contribution in [0.2, 0.25) is 0 Å². The van der Waals surface area contributed by atoms with Crippen LogP contribution in [0, 0.1) is 5.92 Å². The fourth-order valence-corrected chi connectivity index (χ4v) is 3.37.